The van der Waals surface area contributed by atoms with Crippen LogP contribution in [0.25, 0.3) is 0 Å². The number of carbonyl (C=O) groups is 1. The first kappa shape index (κ1) is 17.5. The summed E-state index contributed by atoms with van der Waals surface area (Å²) in [5.74, 6) is 0.441. The van der Waals surface area contributed by atoms with Crippen LogP contribution in [0.3, 0.4) is 0 Å². The van der Waals surface area contributed by atoms with E-state index in [0.29, 0.717) is 25.0 Å². The van der Waals surface area contributed by atoms with Crippen molar-refractivity contribution in [2.24, 2.45) is 5.92 Å². The van der Waals surface area contributed by atoms with E-state index in [-0.39, 0.29) is 6.03 Å². The lowest BCUT2D eigenvalue weighted by molar-refractivity contribution is 0.120. The van der Waals surface area contributed by atoms with Crippen LogP contribution in [0.5, 0.6) is 0 Å². The predicted octanol–water partition coefficient (Wildman–Crippen LogP) is 2.87. The van der Waals surface area contributed by atoms with Gasteiger partial charge in [-0.25, -0.2) is 4.79 Å². The molecule has 0 radical (unpaired) electrons. The quantitative estimate of drug-likeness (QED) is 0.849. The second kappa shape index (κ2) is 8.72. The number of urea groups is 1. The molecule has 1 aliphatic rings. The number of nitrogens with zero attached hydrogens (tertiary/aromatic N) is 2. The maximum Gasteiger partial charge on any atom is 0.314 e. The molecule has 0 spiro atoms. The lowest BCUT2D eigenvalue weighted by Crippen LogP contribution is -2.44. The van der Waals surface area contributed by atoms with Crippen LogP contribution in [0, 0.1) is 5.92 Å². The van der Waals surface area contributed by atoms with E-state index in [4.69, 9.17) is 0 Å². The maximum atomic E-state index is 12.1. The number of amides is 2. The number of hydrogen-bond donors (Lipinski definition) is 2. The molecule has 3 rings (SSSR count). The highest BCUT2D eigenvalue weighted by Crippen LogP contribution is 2.34. The summed E-state index contributed by atoms with van der Waals surface area (Å²) >= 11 is 0. The number of piperidine rings is 1. The van der Waals surface area contributed by atoms with Crippen LogP contribution in [0.1, 0.15) is 24.4 Å². The number of likely N-dealkylation sites (tertiary alicyclic amines) is 1. The Morgan fingerprint density at radius 2 is 1.88 bits per heavy atom. The monoisotopic (exact) mass is 340 g/mol. The van der Waals surface area contributed by atoms with Gasteiger partial charge in [-0.3, -0.25) is 4.90 Å². The summed E-state index contributed by atoms with van der Waals surface area (Å²) in [6.07, 6.45) is 6.33. The first-order valence-corrected chi connectivity index (χ1v) is 9.11. The molecule has 1 saturated heterocycles. The largest absolute Gasteiger partial charge is 0.353 e. The number of rotatable bonds is 6. The third kappa shape index (κ3) is 4.86. The van der Waals surface area contributed by atoms with Crippen molar-refractivity contribution >= 4 is 6.03 Å². The highest BCUT2D eigenvalue weighted by molar-refractivity contribution is 5.73. The Bertz CT molecular complexity index is 641. The van der Waals surface area contributed by atoms with Crippen molar-refractivity contribution in [3.63, 3.8) is 0 Å². The molecule has 2 aromatic rings. The zero-order valence-corrected chi connectivity index (χ0v) is 14.9. The van der Waals surface area contributed by atoms with Crippen LogP contribution in [0.4, 0.5) is 4.79 Å². The summed E-state index contributed by atoms with van der Waals surface area (Å²) in [4.78, 5) is 14.5. The van der Waals surface area contributed by atoms with Gasteiger partial charge in [0, 0.05) is 38.1 Å². The number of nitrogens with one attached hydrogen (secondary N) is 2. The molecule has 1 aromatic heterocycles. The van der Waals surface area contributed by atoms with Gasteiger partial charge >= 0.3 is 6.03 Å². The third-order valence-electron chi connectivity index (χ3n) is 4.99. The standard InChI is InChI=1S/C20H28N4O/c1-23-12-7-10-18(19(23)17-8-3-2-4-9-17)16-22-20(25)21-11-15-24-13-5-6-14-24/h2-6,8-9,13-14,18-19H,7,10-12,15-16H2,1H3,(H2,21,22,25)/t18-,19+/m0/s1. The number of aromatic nitrogens is 1. The zero-order valence-electron chi connectivity index (χ0n) is 14.9. The Morgan fingerprint density at radius 3 is 2.64 bits per heavy atom. The van der Waals surface area contributed by atoms with Gasteiger partial charge in [0.1, 0.15) is 0 Å². The van der Waals surface area contributed by atoms with Gasteiger partial charge in [-0.2, -0.15) is 0 Å². The van der Waals surface area contributed by atoms with Crippen LogP contribution in [-0.2, 0) is 6.54 Å². The molecule has 0 saturated carbocycles. The molecule has 5 heteroatoms. The van der Waals surface area contributed by atoms with E-state index in [0.717, 1.165) is 19.5 Å². The molecule has 2 amide bonds. The SMILES string of the molecule is CN1CCC[C@@H](CNC(=O)NCCn2cccc2)[C@H]1c1ccccc1. The normalized spacial score (nSPS) is 21.0. The average Bonchev–Trinajstić information content (AvgIpc) is 3.14. The third-order valence-corrected chi connectivity index (χ3v) is 4.99. The van der Waals surface area contributed by atoms with Crippen molar-refractivity contribution in [3.8, 4) is 0 Å². The molecular formula is C20H28N4O. The molecule has 1 aliphatic heterocycles. The predicted molar refractivity (Wildman–Crippen MR) is 100 cm³/mol. The van der Waals surface area contributed by atoms with Crippen molar-refractivity contribution in [2.75, 3.05) is 26.7 Å². The van der Waals surface area contributed by atoms with Crippen LogP contribution in [0.2, 0.25) is 0 Å². The Hall–Kier alpha value is -2.27. The van der Waals surface area contributed by atoms with Crippen molar-refractivity contribution in [1.29, 1.82) is 0 Å². The highest BCUT2D eigenvalue weighted by atomic mass is 16.2. The topological polar surface area (TPSA) is 49.3 Å². The van der Waals surface area contributed by atoms with Crippen molar-refractivity contribution < 1.29 is 4.79 Å². The molecule has 1 fully saturated rings. The van der Waals surface area contributed by atoms with Crippen molar-refractivity contribution in [1.82, 2.24) is 20.1 Å². The molecule has 2 atom stereocenters. The average molecular weight is 340 g/mol. The molecule has 25 heavy (non-hydrogen) atoms. The second-order valence-corrected chi connectivity index (χ2v) is 6.80. The van der Waals surface area contributed by atoms with E-state index < -0.39 is 0 Å². The lowest BCUT2D eigenvalue weighted by atomic mass is 9.85. The first-order valence-electron chi connectivity index (χ1n) is 9.11. The van der Waals surface area contributed by atoms with Gasteiger partial charge in [0.05, 0.1) is 0 Å². The fourth-order valence-electron chi connectivity index (χ4n) is 3.75. The van der Waals surface area contributed by atoms with E-state index in [1.807, 2.05) is 24.5 Å². The smallest absolute Gasteiger partial charge is 0.314 e. The van der Waals surface area contributed by atoms with E-state index in [2.05, 4.69) is 57.5 Å². The summed E-state index contributed by atoms with van der Waals surface area (Å²) in [5, 5.41) is 6.01. The van der Waals surface area contributed by atoms with E-state index in [1.54, 1.807) is 0 Å². The van der Waals surface area contributed by atoms with Crippen LogP contribution >= 0.6 is 0 Å². The van der Waals surface area contributed by atoms with Crippen LogP contribution in [-0.4, -0.2) is 42.2 Å². The summed E-state index contributed by atoms with van der Waals surface area (Å²) in [6.45, 7) is 3.24. The lowest BCUT2D eigenvalue weighted by Gasteiger charge is -2.39. The van der Waals surface area contributed by atoms with Crippen LogP contribution < -0.4 is 10.6 Å². The number of hydrogen-bond acceptors (Lipinski definition) is 2. The fourth-order valence-corrected chi connectivity index (χ4v) is 3.75. The van der Waals surface area contributed by atoms with Gasteiger partial charge in [0.25, 0.3) is 0 Å². The van der Waals surface area contributed by atoms with Gasteiger partial charge in [-0.15, -0.1) is 0 Å². The van der Waals surface area contributed by atoms with E-state index >= 15 is 0 Å². The summed E-state index contributed by atoms with van der Waals surface area (Å²) in [7, 11) is 2.18. The highest BCUT2D eigenvalue weighted by Gasteiger charge is 2.30. The van der Waals surface area contributed by atoms with Crippen molar-refractivity contribution in [3.05, 3.63) is 60.4 Å². The summed E-state index contributed by atoms with van der Waals surface area (Å²) in [5.41, 5.74) is 1.34. The van der Waals surface area contributed by atoms with E-state index in [1.165, 1.54) is 12.0 Å². The molecule has 0 aliphatic carbocycles. The molecule has 2 N–H and O–H groups in total. The number of carbonyl (C=O) groups excluding carboxylic acids is 1. The van der Waals surface area contributed by atoms with E-state index in [9.17, 15) is 4.79 Å². The molecule has 2 heterocycles. The minimum Gasteiger partial charge on any atom is -0.353 e. The Morgan fingerprint density at radius 1 is 1.12 bits per heavy atom. The fraction of sp³-hybridized carbons (Fsp3) is 0.450. The summed E-state index contributed by atoms with van der Waals surface area (Å²) < 4.78 is 2.06. The minimum atomic E-state index is -0.0767. The maximum absolute atomic E-state index is 12.1. The van der Waals surface area contributed by atoms with Gasteiger partial charge in [-0.05, 0) is 50.0 Å². The van der Waals surface area contributed by atoms with Gasteiger partial charge < -0.3 is 15.2 Å². The molecular weight excluding hydrogens is 312 g/mol. The summed E-state index contributed by atoms with van der Waals surface area (Å²) in [6, 6.07) is 14.9. The van der Waals surface area contributed by atoms with Gasteiger partial charge in [0.2, 0.25) is 0 Å². The Balaban J connectivity index is 1.49. The molecule has 1 aromatic carbocycles. The Labute approximate surface area is 150 Å². The number of benzene rings is 1. The zero-order chi connectivity index (χ0) is 17.5. The molecule has 0 unspecified atom stereocenters. The van der Waals surface area contributed by atoms with Gasteiger partial charge in [-0.1, -0.05) is 30.3 Å². The second-order valence-electron chi connectivity index (χ2n) is 6.80. The first-order chi connectivity index (χ1) is 12.2. The Kier molecular flexibility index (Phi) is 6.12. The molecule has 134 valence electrons. The van der Waals surface area contributed by atoms with Gasteiger partial charge in [0.15, 0.2) is 0 Å². The van der Waals surface area contributed by atoms with Crippen molar-refractivity contribution in [2.45, 2.75) is 25.4 Å². The minimum absolute atomic E-state index is 0.0767. The molecule has 5 nitrogen and oxygen atoms in total. The molecule has 0 bridgehead atoms. The van der Waals surface area contributed by atoms with Crippen LogP contribution in [0.15, 0.2) is 54.9 Å².